The lowest BCUT2D eigenvalue weighted by atomic mass is 9.85. The molecule has 2 rings (SSSR count). The van der Waals surface area contributed by atoms with Crippen LogP contribution in [0.15, 0.2) is 0 Å². The summed E-state index contributed by atoms with van der Waals surface area (Å²) in [6.45, 7) is 1.15. The Hall–Kier alpha value is -0.0400. The van der Waals surface area contributed by atoms with E-state index in [2.05, 4.69) is 5.32 Å². The Labute approximate surface area is 82.3 Å². The summed E-state index contributed by atoms with van der Waals surface area (Å²) in [6.07, 6.45) is 13.1. The van der Waals surface area contributed by atoms with Gasteiger partial charge in [-0.2, -0.15) is 0 Å². The molecule has 1 heteroatoms. The Balaban J connectivity index is 1.60. The Bertz CT molecular complexity index is 132. The van der Waals surface area contributed by atoms with Gasteiger partial charge in [-0.25, -0.2) is 5.32 Å². The van der Waals surface area contributed by atoms with Gasteiger partial charge in [0.2, 0.25) is 0 Å². The van der Waals surface area contributed by atoms with Crippen LogP contribution in [0.2, 0.25) is 0 Å². The molecule has 1 aliphatic heterocycles. The van der Waals surface area contributed by atoms with Crippen LogP contribution in [-0.4, -0.2) is 12.6 Å². The van der Waals surface area contributed by atoms with E-state index in [-0.39, 0.29) is 0 Å². The lowest BCUT2D eigenvalue weighted by Gasteiger charge is -2.22. The third kappa shape index (κ3) is 2.98. The lowest BCUT2D eigenvalue weighted by Crippen LogP contribution is -2.16. The predicted molar refractivity (Wildman–Crippen MR) is 55.8 cm³/mol. The summed E-state index contributed by atoms with van der Waals surface area (Å²) < 4.78 is 0. The maximum Gasteiger partial charge on any atom is 0.0246 e. The van der Waals surface area contributed by atoms with E-state index in [1.54, 1.807) is 0 Å². The highest BCUT2D eigenvalue weighted by Gasteiger charge is 2.18. The van der Waals surface area contributed by atoms with Gasteiger partial charge in [-0.1, -0.05) is 32.1 Å². The third-order valence-corrected chi connectivity index (χ3v) is 3.72. The topological polar surface area (TPSA) is 14.1 Å². The zero-order valence-corrected chi connectivity index (χ0v) is 8.67. The van der Waals surface area contributed by atoms with Gasteiger partial charge in [0.05, 0.1) is 0 Å². The molecule has 0 aromatic carbocycles. The molecule has 0 amide bonds. The van der Waals surface area contributed by atoms with E-state index in [1.165, 1.54) is 57.8 Å². The van der Waals surface area contributed by atoms with Crippen molar-refractivity contribution >= 4 is 0 Å². The van der Waals surface area contributed by atoms with Crippen LogP contribution in [0, 0.1) is 5.92 Å². The van der Waals surface area contributed by atoms with Gasteiger partial charge in [-0.3, -0.25) is 0 Å². The standard InChI is InChI=1S/C12H22N/c1-2-5-11(6-3-1)8-9-12-7-4-10-13-12/h11-12H,1-10H2. The minimum absolute atomic E-state index is 0.752. The van der Waals surface area contributed by atoms with Crippen LogP contribution < -0.4 is 5.32 Å². The van der Waals surface area contributed by atoms with Crippen LogP contribution in [0.25, 0.3) is 0 Å². The van der Waals surface area contributed by atoms with Gasteiger partial charge in [-0.05, 0) is 31.6 Å². The molecule has 0 bridgehead atoms. The molecule has 1 heterocycles. The quantitative estimate of drug-likeness (QED) is 0.633. The Morgan fingerprint density at radius 2 is 1.69 bits per heavy atom. The van der Waals surface area contributed by atoms with Gasteiger partial charge in [0.15, 0.2) is 0 Å². The van der Waals surface area contributed by atoms with Crippen LogP contribution in [0.1, 0.15) is 57.8 Å². The van der Waals surface area contributed by atoms with Gasteiger partial charge >= 0.3 is 0 Å². The van der Waals surface area contributed by atoms with Crippen LogP contribution in [0.4, 0.5) is 0 Å². The third-order valence-electron chi connectivity index (χ3n) is 3.72. The fourth-order valence-corrected chi connectivity index (χ4v) is 2.83. The first kappa shape index (κ1) is 9.51. The molecule has 1 nitrogen and oxygen atoms in total. The van der Waals surface area contributed by atoms with E-state index >= 15 is 0 Å². The highest BCUT2D eigenvalue weighted by molar-refractivity contribution is 4.75. The fourth-order valence-electron chi connectivity index (χ4n) is 2.83. The first-order chi connectivity index (χ1) is 6.45. The molecule has 1 radical (unpaired) electrons. The summed E-state index contributed by atoms with van der Waals surface area (Å²) in [5.74, 6) is 1.06. The van der Waals surface area contributed by atoms with Gasteiger partial charge < -0.3 is 0 Å². The predicted octanol–water partition coefficient (Wildman–Crippen LogP) is 3.11. The maximum absolute atomic E-state index is 4.62. The molecule has 1 atom stereocenters. The van der Waals surface area contributed by atoms with Gasteiger partial charge in [0, 0.05) is 12.6 Å². The smallest absolute Gasteiger partial charge is 0.0246 e. The number of hydrogen-bond acceptors (Lipinski definition) is 0. The Morgan fingerprint density at radius 1 is 0.846 bits per heavy atom. The number of hydrogen-bond donors (Lipinski definition) is 0. The summed E-state index contributed by atoms with van der Waals surface area (Å²) in [7, 11) is 0. The van der Waals surface area contributed by atoms with E-state index in [0.717, 1.165) is 18.5 Å². The van der Waals surface area contributed by atoms with E-state index in [9.17, 15) is 0 Å². The minimum atomic E-state index is 0.752. The van der Waals surface area contributed by atoms with E-state index < -0.39 is 0 Å². The highest BCUT2D eigenvalue weighted by Crippen LogP contribution is 2.28. The van der Waals surface area contributed by atoms with Crippen LogP contribution >= 0.6 is 0 Å². The number of rotatable bonds is 3. The van der Waals surface area contributed by atoms with E-state index in [4.69, 9.17) is 0 Å². The van der Waals surface area contributed by atoms with Crippen molar-refractivity contribution in [3.63, 3.8) is 0 Å². The van der Waals surface area contributed by atoms with Gasteiger partial charge in [-0.15, -0.1) is 0 Å². The van der Waals surface area contributed by atoms with Crippen molar-refractivity contribution in [3.8, 4) is 0 Å². The van der Waals surface area contributed by atoms with Crippen molar-refractivity contribution in [2.24, 2.45) is 5.92 Å². The van der Waals surface area contributed by atoms with E-state index in [0.29, 0.717) is 0 Å². The molecule has 75 valence electrons. The molecule has 0 spiro atoms. The molecule has 1 saturated carbocycles. The summed E-state index contributed by atoms with van der Waals surface area (Å²) >= 11 is 0. The lowest BCUT2D eigenvalue weighted by molar-refractivity contribution is 0.318. The second-order valence-corrected chi connectivity index (χ2v) is 4.78. The molecule has 2 aliphatic rings. The first-order valence-corrected chi connectivity index (χ1v) is 6.12. The summed E-state index contributed by atoms with van der Waals surface area (Å²) in [4.78, 5) is 0. The van der Waals surface area contributed by atoms with Crippen LogP contribution in [-0.2, 0) is 0 Å². The monoisotopic (exact) mass is 180 g/mol. The van der Waals surface area contributed by atoms with Crippen molar-refractivity contribution in [1.82, 2.24) is 5.32 Å². The minimum Gasteiger partial charge on any atom is -0.238 e. The summed E-state index contributed by atoms with van der Waals surface area (Å²) in [6, 6.07) is 0.752. The molecule has 1 unspecified atom stereocenters. The van der Waals surface area contributed by atoms with Gasteiger partial charge in [0.25, 0.3) is 0 Å². The highest BCUT2D eigenvalue weighted by atomic mass is 14.9. The fraction of sp³-hybridized carbons (Fsp3) is 1.00. The normalized spacial score (nSPS) is 30.9. The molecule has 2 fully saturated rings. The van der Waals surface area contributed by atoms with Crippen molar-refractivity contribution in [2.75, 3.05) is 6.54 Å². The van der Waals surface area contributed by atoms with Crippen molar-refractivity contribution in [2.45, 2.75) is 63.8 Å². The largest absolute Gasteiger partial charge is 0.238 e. The molecular weight excluding hydrogens is 158 g/mol. The molecule has 13 heavy (non-hydrogen) atoms. The summed E-state index contributed by atoms with van der Waals surface area (Å²) in [5.41, 5.74) is 0. The zero-order chi connectivity index (χ0) is 8.93. The van der Waals surface area contributed by atoms with Crippen molar-refractivity contribution in [1.29, 1.82) is 0 Å². The van der Waals surface area contributed by atoms with Crippen molar-refractivity contribution in [3.05, 3.63) is 0 Å². The average Bonchev–Trinajstić information content (AvgIpc) is 2.69. The van der Waals surface area contributed by atoms with Crippen LogP contribution in [0.5, 0.6) is 0 Å². The van der Waals surface area contributed by atoms with Gasteiger partial charge in [0.1, 0.15) is 0 Å². The second-order valence-electron chi connectivity index (χ2n) is 4.78. The Morgan fingerprint density at radius 3 is 2.38 bits per heavy atom. The molecule has 0 N–H and O–H groups in total. The summed E-state index contributed by atoms with van der Waals surface area (Å²) in [5, 5.41) is 4.62. The second kappa shape index (κ2) is 4.99. The molecular formula is C12H22N. The average molecular weight is 180 g/mol. The SMILES string of the molecule is C1CCC(CCC2CCC[N]2)CC1. The molecule has 1 aliphatic carbocycles. The van der Waals surface area contributed by atoms with E-state index in [1.807, 2.05) is 0 Å². The number of nitrogens with zero attached hydrogens (tertiary/aromatic N) is 1. The molecule has 0 aromatic rings. The molecule has 1 saturated heterocycles. The van der Waals surface area contributed by atoms with Crippen LogP contribution in [0.3, 0.4) is 0 Å². The Kier molecular flexibility index (Phi) is 3.65. The molecule has 0 aromatic heterocycles. The maximum atomic E-state index is 4.62. The zero-order valence-electron chi connectivity index (χ0n) is 8.67. The first-order valence-electron chi connectivity index (χ1n) is 6.12. The van der Waals surface area contributed by atoms with Crippen molar-refractivity contribution < 1.29 is 0 Å².